The van der Waals surface area contributed by atoms with E-state index in [2.05, 4.69) is 5.32 Å². The Bertz CT molecular complexity index is 1380. The van der Waals surface area contributed by atoms with Crippen LogP contribution >= 0.6 is 23.2 Å². The first kappa shape index (κ1) is 29.5. The number of amides is 2. The third-order valence-corrected chi connectivity index (χ3v) is 8.41. The molecule has 38 heavy (non-hydrogen) atoms. The van der Waals surface area contributed by atoms with E-state index in [1.807, 2.05) is 13.0 Å². The number of hydrogen-bond acceptors (Lipinski definition) is 4. The first-order valence-electron chi connectivity index (χ1n) is 12.2. The third kappa shape index (κ3) is 7.07. The summed E-state index contributed by atoms with van der Waals surface area (Å²) in [7, 11) is -4.16. The van der Waals surface area contributed by atoms with Crippen molar-refractivity contribution in [3.63, 3.8) is 0 Å². The summed E-state index contributed by atoms with van der Waals surface area (Å²) in [4.78, 5) is 28.3. The number of carbonyl (C=O) groups is 2. The Morgan fingerprint density at radius 1 is 0.947 bits per heavy atom. The van der Waals surface area contributed by atoms with Crippen LogP contribution in [-0.4, -0.2) is 44.3 Å². The predicted octanol–water partition coefficient (Wildman–Crippen LogP) is 5.44. The largest absolute Gasteiger partial charge is 0.355 e. The number of halogens is 2. The van der Waals surface area contributed by atoms with Crippen molar-refractivity contribution in [2.75, 3.05) is 17.4 Å². The highest BCUT2D eigenvalue weighted by Crippen LogP contribution is 2.27. The second-order valence-corrected chi connectivity index (χ2v) is 11.4. The highest BCUT2D eigenvalue weighted by Gasteiger charge is 2.33. The standard InChI is InChI=1S/C28H31Cl2N3O4S/c1-4-26(28(35)31-5-2)32(18-21-10-6-7-12-25(21)30)27(34)19-33(23-11-8-9-20(3)17-23)38(36,37)24-15-13-22(29)14-16-24/h6-17,26H,4-5,18-19H2,1-3H3,(H,31,35)/t26-/m0/s1. The molecule has 0 aliphatic heterocycles. The van der Waals surface area contributed by atoms with Gasteiger partial charge in [-0.1, -0.05) is 60.5 Å². The number of aryl methyl sites for hydroxylation is 1. The van der Waals surface area contributed by atoms with Gasteiger partial charge < -0.3 is 10.2 Å². The molecule has 3 aromatic carbocycles. The fraction of sp³-hybridized carbons (Fsp3) is 0.286. The van der Waals surface area contributed by atoms with Gasteiger partial charge in [-0.3, -0.25) is 13.9 Å². The summed E-state index contributed by atoms with van der Waals surface area (Å²) < 4.78 is 28.7. The Labute approximate surface area is 234 Å². The lowest BCUT2D eigenvalue weighted by Gasteiger charge is -2.33. The Balaban J connectivity index is 2.07. The summed E-state index contributed by atoms with van der Waals surface area (Å²) in [6, 6.07) is 18.9. The molecule has 0 aliphatic carbocycles. The predicted molar refractivity (Wildman–Crippen MR) is 152 cm³/mol. The number of hydrogen-bond donors (Lipinski definition) is 1. The van der Waals surface area contributed by atoms with Crippen LogP contribution < -0.4 is 9.62 Å². The van der Waals surface area contributed by atoms with Crippen molar-refractivity contribution in [3.05, 3.63) is 94.0 Å². The average molecular weight is 577 g/mol. The lowest BCUT2D eigenvalue weighted by molar-refractivity contribution is -0.140. The molecule has 0 aliphatic rings. The Hall–Kier alpha value is -3.07. The lowest BCUT2D eigenvalue weighted by Crippen LogP contribution is -2.52. The number of anilines is 1. The van der Waals surface area contributed by atoms with E-state index in [0.717, 1.165) is 9.87 Å². The molecule has 0 spiro atoms. The van der Waals surface area contributed by atoms with Gasteiger partial charge in [0.25, 0.3) is 10.0 Å². The fourth-order valence-corrected chi connectivity index (χ4v) is 5.79. The maximum atomic E-state index is 13.9. The maximum absolute atomic E-state index is 13.9. The van der Waals surface area contributed by atoms with Crippen molar-refractivity contribution >= 4 is 50.7 Å². The molecule has 0 aromatic heterocycles. The van der Waals surface area contributed by atoms with E-state index in [1.165, 1.54) is 29.2 Å². The Morgan fingerprint density at radius 2 is 1.63 bits per heavy atom. The number of sulfonamides is 1. The van der Waals surface area contributed by atoms with Crippen LogP contribution in [0.3, 0.4) is 0 Å². The van der Waals surface area contributed by atoms with Gasteiger partial charge in [0.05, 0.1) is 10.6 Å². The van der Waals surface area contributed by atoms with Crippen LogP contribution in [0.2, 0.25) is 10.0 Å². The number of nitrogens with zero attached hydrogens (tertiary/aromatic N) is 2. The van der Waals surface area contributed by atoms with E-state index < -0.39 is 28.5 Å². The summed E-state index contributed by atoms with van der Waals surface area (Å²) in [5.41, 5.74) is 1.80. The number of benzene rings is 3. The van der Waals surface area contributed by atoms with E-state index in [4.69, 9.17) is 23.2 Å². The molecular formula is C28H31Cl2N3O4S. The maximum Gasteiger partial charge on any atom is 0.264 e. The summed E-state index contributed by atoms with van der Waals surface area (Å²) in [5, 5.41) is 3.61. The van der Waals surface area contributed by atoms with Gasteiger partial charge in [0.15, 0.2) is 0 Å². The van der Waals surface area contributed by atoms with Gasteiger partial charge in [-0.05, 0) is 73.9 Å². The minimum absolute atomic E-state index is 0.00960. The molecule has 0 heterocycles. The van der Waals surface area contributed by atoms with E-state index in [9.17, 15) is 18.0 Å². The molecule has 0 radical (unpaired) electrons. The first-order valence-corrected chi connectivity index (χ1v) is 14.4. The molecule has 1 atom stereocenters. The normalized spacial score (nSPS) is 12.0. The molecule has 3 rings (SSSR count). The van der Waals surface area contributed by atoms with Gasteiger partial charge in [0, 0.05) is 23.1 Å². The van der Waals surface area contributed by atoms with Gasteiger partial charge in [0.2, 0.25) is 11.8 Å². The van der Waals surface area contributed by atoms with E-state index in [-0.39, 0.29) is 17.3 Å². The summed E-state index contributed by atoms with van der Waals surface area (Å²) in [6.07, 6.45) is 0.330. The molecule has 3 aromatic rings. The van der Waals surface area contributed by atoms with E-state index in [1.54, 1.807) is 56.3 Å². The molecule has 7 nitrogen and oxygen atoms in total. The Morgan fingerprint density at radius 3 is 2.24 bits per heavy atom. The monoisotopic (exact) mass is 575 g/mol. The zero-order valence-corrected chi connectivity index (χ0v) is 23.9. The molecule has 0 fully saturated rings. The number of likely N-dealkylation sites (N-methyl/N-ethyl adjacent to an activating group) is 1. The molecular weight excluding hydrogens is 545 g/mol. The molecule has 202 valence electrons. The number of carbonyl (C=O) groups excluding carboxylic acids is 2. The van der Waals surface area contributed by atoms with Crippen molar-refractivity contribution in [1.82, 2.24) is 10.2 Å². The zero-order chi connectivity index (χ0) is 27.9. The quantitative estimate of drug-likeness (QED) is 0.330. The topological polar surface area (TPSA) is 86.8 Å². The highest BCUT2D eigenvalue weighted by atomic mass is 35.5. The smallest absolute Gasteiger partial charge is 0.264 e. The van der Waals surface area contributed by atoms with Gasteiger partial charge in [-0.25, -0.2) is 8.42 Å². The zero-order valence-electron chi connectivity index (χ0n) is 21.5. The van der Waals surface area contributed by atoms with Crippen LogP contribution in [-0.2, 0) is 26.2 Å². The molecule has 0 saturated carbocycles. The van der Waals surface area contributed by atoms with Crippen molar-refractivity contribution in [2.45, 2.75) is 44.7 Å². The lowest BCUT2D eigenvalue weighted by atomic mass is 10.1. The molecule has 0 unspecified atom stereocenters. The highest BCUT2D eigenvalue weighted by molar-refractivity contribution is 7.92. The van der Waals surface area contributed by atoms with E-state index in [0.29, 0.717) is 34.3 Å². The first-order chi connectivity index (χ1) is 18.1. The molecule has 0 saturated heterocycles. The van der Waals surface area contributed by atoms with Gasteiger partial charge in [-0.15, -0.1) is 0 Å². The van der Waals surface area contributed by atoms with Gasteiger partial charge in [-0.2, -0.15) is 0 Å². The molecule has 10 heteroatoms. The number of rotatable bonds is 11. The van der Waals surface area contributed by atoms with Gasteiger partial charge >= 0.3 is 0 Å². The van der Waals surface area contributed by atoms with Crippen LogP contribution in [0.1, 0.15) is 31.4 Å². The van der Waals surface area contributed by atoms with Crippen molar-refractivity contribution in [3.8, 4) is 0 Å². The minimum atomic E-state index is -4.16. The van der Waals surface area contributed by atoms with Crippen molar-refractivity contribution < 1.29 is 18.0 Å². The van der Waals surface area contributed by atoms with Crippen LogP contribution in [0, 0.1) is 6.92 Å². The molecule has 0 bridgehead atoms. The van der Waals surface area contributed by atoms with Crippen LogP contribution in [0.4, 0.5) is 5.69 Å². The van der Waals surface area contributed by atoms with Crippen LogP contribution in [0.15, 0.2) is 77.7 Å². The SMILES string of the molecule is CCNC(=O)[C@H](CC)N(Cc1ccccc1Cl)C(=O)CN(c1cccc(C)c1)S(=O)(=O)c1ccc(Cl)cc1. The van der Waals surface area contributed by atoms with Crippen LogP contribution in [0.5, 0.6) is 0 Å². The third-order valence-electron chi connectivity index (χ3n) is 6.01. The minimum Gasteiger partial charge on any atom is -0.355 e. The van der Waals surface area contributed by atoms with Gasteiger partial charge in [0.1, 0.15) is 12.6 Å². The average Bonchev–Trinajstić information content (AvgIpc) is 2.88. The summed E-state index contributed by atoms with van der Waals surface area (Å²) in [5.74, 6) is -0.861. The summed E-state index contributed by atoms with van der Waals surface area (Å²) >= 11 is 12.4. The second-order valence-electron chi connectivity index (χ2n) is 8.74. The van der Waals surface area contributed by atoms with Crippen LogP contribution in [0.25, 0.3) is 0 Å². The number of nitrogens with one attached hydrogen (secondary N) is 1. The van der Waals surface area contributed by atoms with Crippen molar-refractivity contribution in [2.24, 2.45) is 0 Å². The Kier molecular flexibility index (Phi) is 10.2. The molecule has 2 amide bonds. The second kappa shape index (κ2) is 13.1. The van der Waals surface area contributed by atoms with Crippen molar-refractivity contribution in [1.29, 1.82) is 0 Å². The fourth-order valence-electron chi connectivity index (χ4n) is 4.07. The summed E-state index contributed by atoms with van der Waals surface area (Å²) in [6.45, 7) is 5.35. The molecule has 1 N–H and O–H groups in total. The van der Waals surface area contributed by atoms with E-state index >= 15 is 0 Å².